The highest BCUT2D eigenvalue weighted by atomic mass is 128. The Bertz CT molecular complexity index is 350. The Kier molecular flexibility index (Phi) is 9.55. The molecule has 0 nitrogen and oxygen atoms in total. The fraction of sp³-hybridized carbons (Fsp3) is 1.00. The fourth-order valence-electron chi connectivity index (χ4n) is 5.62. The maximum atomic E-state index is 14.4. The van der Waals surface area contributed by atoms with Gasteiger partial charge in [-0.05, 0) is 86.9 Å². The van der Waals surface area contributed by atoms with Crippen molar-refractivity contribution < 1.29 is 8.78 Å². The second-order valence-corrected chi connectivity index (χ2v) is 8.80. The molecule has 0 aromatic carbocycles. The number of alkyl halides is 2. The zero-order valence-electron chi connectivity index (χ0n) is 15.2. The molecule has 4 unspecified atom stereocenters. The first-order valence-electron chi connectivity index (χ1n) is 9.98. The molecule has 0 aromatic rings. The Balaban J connectivity index is 0.00000100. The largest absolute Gasteiger partial charge is 0.244 e. The molecule has 0 amide bonds. The molecule has 3 aliphatic rings. The smallest absolute Gasteiger partial charge is 0.134 e. The van der Waals surface area contributed by atoms with Crippen LogP contribution in [0.15, 0.2) is 0 Å². The molecular weight excluding hydrogens is 532 g/mol. The number of hydrogen-bond acceptors (Lipinski definition) is 0. The molecule has 4 atom stereocenters. The zero-order chi connectivity index (χ0) is 17.7. The highest BCUT2D eigenvalue weighted by molar-refractivity contribution is 15.0. The molecule has 0 heterocycles. The minimum absolute atomic E-state index is 0.0125. The first kappa shape index (κ1) is 21.6. The Hall–Kier alpha value is 1.32. The van der Waals surface area contributed by atoms with Crippen LogP contribution in [-0.4, -0.2) is 12.3 Å². The van der Waals surface area contributed by atoms with E-state index in [0.29, 0.717) is 5.92 Å². The molecular formula is C20H34F2I2. The van der Waals surface area contributed by atoms with Gasteiger partial charge >= 0.3 is 0 Å². The second kappa shape index (κ2) is 10.6. The predicted molar refractivity (Wildman–Crippen MR) is 116 cm³/mol. The number of rotatable bonds is 2. The van der Waals surface area contributed by atoms with Crippen LogP contribution in [0.5, 0.6) is 0 Å². The van der Waals surface area contributed by atoms with Crippen molar-refractivity contribution >= 4 is 37.2 Å². The Morgan fingerprint density at radius 2 is 1.04 bits per heavy atom. The van der Waals surface area contributed by atoms with Gasteiger partial charge in [-0.1, -0.05) is 26.7 Å². The average molecular weight is 566 g/mol. The maximum Gasteiger partial charge on any atom is 0.134 e. The van der Waals surface area contributed by atoms with Crippen molar-refractivity contribution in [3.05, 3.63) is 0 Å². The van der Waals surface area contributed by atoms with Gasteiger partial charge in [0.2, 0.25) is 0 Å². The van der Waals surface area contributed by atoms with Gasteiger partial charge in [0, 0.05) is 37.2 Å². The van der Waals surface area contributed by atoms with E-state index in [4.69, 9.17) is 0 Å². The summed E-state index contributed by atoms with van der Waals surface area (Å²) in [7, 11) is 0. The van der Waals surface area contributed by atoms with Crippen LogP contribution in [0.2, 0.25) is 0 Å². The normalized spacial score (nSPS) is 46.8. The second-order valence-electron chi connectivity index (χ2n) is 8.80. The van der Waals surface area contributed by atoms with Crippen LogP contribution in [-0.2, 0) is 0 Å². The van der Waals surface area contributed by atoms with E-state index < -0.39 is 12.3 Å². The van der Waals surface area contributed by atoms with Gasteiger partial charge in [-0.25, -0.2) is 8.78 Å². The van der Waals surface area contributed by atoms with E-state index in [9.17, 15) is 8.78 Å². The Labute approximate surface area is 171 Å². The standard InChI is InChI=1S/C20H34F2.I2/c1-13-3-6-15(7-4-13)16-8-10-17(11-9-16)18-12-5-14(2)19(21)20(18)22;1-2/h13-20H,3-12H2,1-2H3;. The quantitative estimate of drug-likeness (QED) is 0.297. The van der Waals surface area contributed by atoms with Crippen LogP contribution in [0.3, 0.4) is 0 Å². The van der Waals surface area contributed by atoms with Crippen LogP contribution in [0.1, 0.15) is 78.1 Å². The fourth-order valence-corrected chi connectivity index (χ4v) is 5.62. The summed E-state index contributed by atoms with van der Waals surface area (Å²) in [5.74, 6) is 3.12. The monoisotopic (exact) mass is 566 g/mol. The van der Waals surface area contributed by atoms with E-state index >= 15 is 0 Å². The van der Waals surface area contributed by atoms with Crippen molar-refractivity contribution in [2.45, 2.75) is 90.4 Å². The minimum Gasteiger partial charge on any atom is -0.244 e. The van der Waals surface area contributed by atoms with Gasteiger partial charge in [-0.15, -0.1) is 0 Å². The van der Waals surface area contributed by atoms with Gasteiger partial charge < -0.3 is 0 Å². The van der Waals surface area contributed by atoms with Gasteiger partial charge in [0.25, 0.3) is 0 Å². The molecule has 4 heteroatoms. The average Bonchev–Trinajstić information content (AvgIpc) is 2.63. The van der Waals surface area contributed by atoms with Gasteiger partial charge in [0.15, 0.2) is 0 Å². The summed E-state index contributed by atoms with van der Waals surface area (Å²) in [5.41, 5.74) is 0. The van der Waals surface area contributed by atoms with Crippen molar-refractivity contribution in [1.82, 2.24) is 0 Å². The third kappa shape index (κ3) is 5.41. The number of halogens is 4. The zero-order valence-corrected chi connectivity index (χ0v) is 19.5. The summed E-state index contributed by atoms with van der Waals surface area (Å²) in [6.07, 6.45) is 9.89. The van der Waals surface area contributed by atoms with E-state index in [1.165, 1.54) is 38.5 Å². The maximum absolute atomic E-state index is 14.4. The van der Waals surface area contributed by atoms with Crippen LogP contribution in [0, 0.1) is 35.5 Å². The molecule has 24 heavy (non-hydrogen) atoms. The summed E-state index contributed by atoms with van der Waals surface area (Å²) >= 11 is 4.24. The van der Waals surface area contributed by atoms with E-state index in [2.05, 4.69) is 44.2 Å². The minimum atomic E-state index is -1.21. The molecule has 0 spiro atoms. The molecule has 0 aliphatic heterocycles. The van der Waals surface area contributed by atoms with Gasteiger partial charge in [0.05, 0.1) is 0 Å². The molecule has 3 aliphatic carbocycles. The van der Waals surface area contributed by atoms with Crippen LogP contribution < -0.4 is 0 Å². The highest BCUT2D eigenvalue weighted by Crippen LogP contribution is 2.46. The van der Waals surface area contributed by atoms with E-state index in [1.54, 1.807) is 0 Å². The van der Waals surface area contributed by atoms with Crippen LogP contribution >= 0.6 is 37.2 Å². The third-order valence-electron chi connectivity index (χ3n) is 7.36. The van der Waals surface area contributed by atoms with Gasteiger partial charge in [-0.3, -0.25) is 0 Å². The molecule has 0 aromatic heterocycles. The highest BCUT2D eigenvalue weighted by Gasteiger charge is 2.43. The molecule has 0 radical (unpaired) electrons. The molecule has 0 saturated heterocycles. The van der Waals surface area contributed by atoms with Crippen molar-refractivity contribution in [3.8, 4) is 0 Å². The first-order chi connectivity index (χ1) is 11.6. The van der Waals surface area contributed by atoms with Gasteiger partial charge in [-0.2, -0.15) is 0 Å². The van der Waals surface area contributed by atoms with Crippen LogP contribution in [0.4, 0.5) is 8.78 Å². The molecule has 0 N–H and O–H groups in total. The van der Waals surface area contributed by atoms with E-state index in [-0.39, 0.29) is 11.8 Å². The third-order valence-corrected chi connectivity index (χ3v) is 7.36. The van der Waals surface area contributed by atoms with Crippen molar-refractivity contribution in [1.29, 1.82) is 0 Å². The molecule has 142 valence electrons. The van der Waals surface area contributed by atoms with E-state index in [0.717, 1.165) is 43.4 Å². The predicted octanol–water partition coefficient (Wildman–Crippen LogP) is 8.11. The lowest BCUT2D eigenvalue weighted by molar-refractivity contribution is -0.00996. The van der Waals surface area contributed by atoms with E-state index in [1.807, 2.05) is 6.92 Å². The van der Waals surface area contributed by atoms with Crippen molar-refractivity contribution in [2.75, 3.05) is 0 Å². The SMILES string of the molecule is CC1CCC(C2CCC(C3CCC(C)C(F)C3F)CC2)CC1.II. The lowest BCUT2D eigenvalue weighted by Crippen LogP contribution is -2.41. The summed E-state index contributed by atoms with van der Waals surface area (Å²) in [6, 6.07) is 0. The molecule has 3 fully saturated rings. The molecule has 3 rings (SSSR count). The van der Waals surface area contributed by atoms with Gasteiger partial charge in [0.1, 0.15) is 12.3 Å². The summed E-state index contributed by atoms with van der Waals surface area (Å²) in [5, 5.41) is 0. The lowest BCUT2D eigenvalue weighted by Gasteiger charge is -2.42. The molecule has 3 saturated carbocycles. The molecule has 0 bridgehead atoms. The summed E-state index contributed by atoms with van der Waals surface area (Å²) < 4.78 is 28.4. The summed E-state index contributed by atoms with van der Waals surface area (Å²) in [6.45, 7) is 4.25. The van der Waals surface area contributed by atoms with Crippen molar-refractivity contribution in [3.63, 3.8) is 0 Å². The van der Waals surface area contributed by atoms with Crippen LogP contribution in [0.25, 0.3) is 0 Å². The first-order valence-corrected chi connectivity index (χ1v) is 16.3. The Morgan fingerprint density at radius 1 is 0.583 bits per heavy atom. The topological polar surface area (TPSA) is 0 Å². The van der Waals surface area contributed by atoms with Crippen molar-refractivity contribution in [2.24, 2.45) is 35.5 Å². The number of hydrogen-bond donors (Lipinski definition) is 0. The lowest BCUT2D eigenvalue weighted by atomic mass is 9.64. The Morgan fingerprint density at radius 3 is 1.58 bits per heavy atom. The summed E-state index contributed by atoms with van der Waals surface area (Å²) in [4.78, 5) is 0.